The summed E-state index contributed by atoms with van der Waals surface area (Å²) in [5.74, 6) is -0.0874. The van der Waals surface area contributed by atoms with Gasteiger partial charge in [0, 0.05) is 11.1 Å². The molecule has 0 bridgehead atoms. The van der Waals surface area contributed by atoms with Crippen molar-refractivity contribution in [2.45, 2.75) is 11.8 Å². The molecule has 6 nitrogen and oxygen atoms in total. The molecule has 0 fully saturated rings. The molecule has 2 aromatic rings. The van der Waals surface area contributed by atoms with Crippen LogP contribution >= 0.6 is 23.2 Å². The lowest BCUT2D eigenvalue weighted by Gasteiger charge is -2.22. The first-order valence-electron chi connectivity index (χ1n) is 6.81. The molecule has 2 N–H and O–H groups in total. The molecule has 1 atom stereocenters. The molecule has 1 amide bonds. The zero-order valence-electron chi connectivity index (χ0n) is 12.4. The van der Waals surface area contributed by atoms with Crippen LogP contribution in [-0.4, -0.2) is 17.1 Å². The number of benzene rings is 2. The number of sulfonamides is 1. The van der Waals surface area contributed by atoms with E-state index in [1.807, 2.05) is 0 Å². The highest BCUT2D eigenvalue weighted by Gasteiger charge is 2.28. The Hall–Kier alpha value is -1.80. The highest BCUT2D eigenvalue weighted by Crippen LogP contribution is 2.37. The van der Waals surface area contributed by atoms with E-state index in [0.29, 0.717) is 16.4 Å². The summed E-state index contributed by atoms with van der Waals surface area (Å²) in [6, 6.07) is 7.39. The van der Waals surface area contributed by atoms with Gasteiger partial charge >= 0.3 is 0 Å². The normalized spacial score (nSPS) is 15.8. The van der Waals surface area contributed by atoms with Crippen molar-refractivity contribution in [2.24, 2.45) is 0 Å². The molecular weight excluding hydrogens is 375 g/mol. The largest absolute Gasteiger partial charge is 0.588 e. The van der Waals surface area contributed by atoms with Crippen LogP contribution in [0.3, 0.4) is 0 Å². The molecule has 1 aliphatic heterocycles. The van der Waals surface area contributed by atoms with Crippen molar-refractivity contribution in [3.63, 3.8) is 0 Å². The van der Waals surface area contributed by atoms with Crippen molar-refractivity contribution in [2.75, 3.05) is 16.6 Å². The number of amides is 1. The van der Waals surface area contributed by atoms with E-state index < -0.39 is 10.4 Å². The lowest BCUT2D eigenvalue weighted by atomic mass is 10.2. The Labute approximate surface area is 149 Å². The SMILES string of the molecule is Cc1cc(N[S+](=O)([O-])c2cc3c(cc2Cl)NC(=O)CO3)ccc1Cl. The van der Waals surface area contributed by atoms with Crippen LogP contribution in [0.4, 0.5) is 11.4 Å². The maximum Gasteiger partial charge on any atom is 0.262 e. The van der Waals surface area contributed by atoms with E-state index in [0.717, 1.165) is 5.56 Å². The van der Waals surface area contributed by atoms with Crippen LogP contribution in [-0.2, 0) is 19.4 Å². The highest BCUT2D eigenvalue weighted by atomic mass is 35.5. The van der Waals surface area contributed by atoms with Crippen LogP contribution in [0.2, 0.25) is 10.0 Å². The Kier molecular flexibility index (Phi) is 4.44. The lowest BCUT2D eigenvalue weighted by molar-refractivity contribution is -0.118. The van der Waals surface area contributed by atoms with Gasteiger partial charge in [-0.15, -0.1) is 0 Å². The molecule has 0 saturated carbocycles. The summed E-state index contributed by atoms with van der Waals surface area (Å²) in [5.41, 5.74) is 1.43. The van der Waals surface area contributed by atoms with Gasteiger partial charge in [-0.25, -0.2) is 4.72 Å². The number of halogens is 2. The Morgan fingerprint density at radius 1 is 1.25 bits per heavy atom. The van der Waals surface area contributed by atoms with Crippen LogP contribution in [0.5, 0.6) is 5.75 Å². The predicted octanol–water partition coefficient (Wildman–Crippen LogP) is 3.65. The molecule has 0 radical (unpaired) electrons. The molecule has 0 spiro atoms. The molecule has 9 heteroatoms. The highest BCUT2D eigenvalue weighted by molar-refractivity contribution is 7.99. The third-order valence-electron chi connectivity index (χ3n) is 3.37. The van der Waals surface area contributed by atoms with E-state index in [1.54, 1.807) is 25.1 Å². The van der Waals surface area contributed by atoms with Gasteiger partial charge in [-0.3, -0.25) is 4.79 Å². The first kappa shape index (κ1) is 17.0. The summed E-state index contributed by atoms with van der Waals surface area (Å²) < 4.78 is 32.9. The summed E-state index contributed by atoms with van der Waals surface area (Å²) >= 11 is 12.0. The molecule has 0 aromatic heterocycles. The number of nitrogens with one attached hydrogen (secondary N) is 2. The number of aryl methyl sites for hydroxylation is 1. The monoisotopic (exact) mass is 386 g/mol. The van der Waals surface area contributed by atoms with Crippen molar-refractivity contribution in [1.29, 1.82) is 0 Å². The first-order chi connectivity index (χ1) is 11.3. The molecule has 24 heavy (non-hydrogen) atoms. The molecular formula is C15H12Cl2N2O4S. The van der Waals surface area contributed by atoms with Crippen LogP contribution in [0.25, 0.3) is 0 Å². The Morgan fingerprint density at radius 3 is 2.71 bits per heavy atom. The Morgan fingerprint density at radius 2 is 2.00 bits per heavy atom. The molecule has 126 valence electrons. The number of anilines is 2. The fraction of sp³-hybridized carbons (Fsp3) is 0.133. The molecule has 1 unspecified atom stereocenters. The Bertz CT molecular complexity index is 888. The number of carbonyl (C=O) groups is 1. The van der Waals surface area contributed by atoms with Gasteiger partial charge in [0.25, 0.3) is 5.91 Å². The van der Waals surface area contributed by atoms with Crippen LogP contribution in [0.15, 0.2) is 35.2 Å². The standard InChI is InChI=1S/C15H12Cl2N2O4S/c1-8-4-9(2-3-10(8)16)19-24(21,22)14-6-13-12(5-11(14)17)18-15(20)7-23-13/h2-6H,7H2,1H3,(H2-,18,19,20,21,22). The van der Waals surface area contributed by atoms with E-state index >= 15 is 0 Å². The van der Waals surface area contributed by atoms with Gasteiger partial charge in [0.15, 0.2) is 17.0 Å². The fourth-order valence-corrected chi connectivity index (χ4v) is 3.92. The average Bonchev–Trinajstić information content (AvgIpc) is 2.49. The quantitative estimate of drug-likeness (QED) is 0.787. The number of hydrogen-bond acceptors (Lipinski definition) is 4. The summed E-state index contributed by atoms with van der Waals surface area (Å²) in [6.07, 6.45) is 0. The summed E-state index contributed by atoms with van der Waals surface area (Å²) in [4.78, 5) is 11.2. The van der Waals surface area contributed by atoms with Gasteiger partial charge in [0.1, 0.15) is 10.8 Å². The maximum atomic E-state index is 12.6. The molecule has 3 rings (SSSR count). The lowest BCUT2D eigenvalue weighted by Crippen LogP contribution is -2.26. The predicted molar refractivity (Wildman–Crippen MR) is 92.5 cm³/mol. The molecule has 0 saturated heterocycles. The van der Waals surface area contributed by atoms with E-state index in [4.69, 9.17) is 27.9 Å². The van der Waals surface area contributed by atoms with E-state index in [1.165, 1.54) is 12.1 Å². The minimum absolute atomic E-state index is 0.0299. The number of carbonyl (C=O) groups excluding carboxylic acids is 1. The maximum absolute atomic E-state index is 12.6. The van der Waals surface area contributed by atoms with Gasteiger partial charge < -0.3 is 14.6 Å². The van der Waals surface area contributed by atoms with Crippen molar-refractivity contribution in [3.05, 3.63) is 45.9 Å². The van der Waals surface area contributed by atoms with Crippen LogP contribution < -0.4 is 14.8 Å². The molecule has 0 aliphatic carbocycles. The van der Waals surface area contributed by atoms with Gasteiger partial charge in [-0.05, 0) is 36.8 Å². The van der Waals surface area contributed by atoms with Gasteiger partial charge in [-0.2, -0.15) is 0 Å². The minimum atomic E-state index is -3.94. The Balaban J connectivity index is 1.96. The second kappa shape index (κ2) is 6.25. The third kappa shape index (κ3) is 3.34. The van der Waals surface area contributed by atoms with Gasteiger partial charge in [-0.1, -0.05) is 27.4 Å². The zero-order valence-corrected chi connectivity index (χ0v) is 14.7. The topological polar surface area (TPSA) is 90.5 Å². The van der Waals surface area contributed by atoms with Crippen LogP contribution in [0.1, 0.15) is 5.56 Å². The second-order valence-corrected chi connectivity index (χ2v) is 7.65. The van der Waals surface area contributed by atoms with Gasteiger partial charge in [0.05, 0.1) is 11.4 Å². The first-order valence-corrected chi connectivity index (χ1v) is 9.05. The summed E-state index contributed by atoms with van der Waals surface area (Å²) in [6.45, 7) is 1.58. The molecule has 1 heterocycles. The number of rotatable bonds is 3. The van der Waals surface area contributed by atoms with Crippen molar-refractivity contribution < 1.29 is 18.3 Å². The zero-order chi connectivity index (χ0) is 17.5. The summed E-state index contributed by atoms with van der Waals surface area (Å²) in [7, 11) is -3.94. The van der Waals surface area contributed by atoms with Crippen molar-refractivity contribution in [1.82, 2.24) is 0 Å². The second-order valence-electron chi connectivity index (χ2n) is 5.19. The smallest absolute Gasteiger partial charge is 0.262 e. The van der Waals surface area contributed by atoms with Crippen molar-refractivity contribution in [3.8, 4) is 5.75 Å². The van der Waals surface area contributed by atoms with E-state index in [-0.39, 0.29) is 28.2 Å². The average molecular weight is 387 g/mol. The summed E-state index contributed by atoms with van der Waals surface area (Å²) in [5, 5.41) is 3.07. The van der Waals surface area contributed by atoms with E-state index in [2.05, 4.69) is 10.0 Å². The fourth-order valence-electron chi connectivity index (χ4n) is 2.21. The number of ether oxygens (including phenoxy) is 1. The van der Waals surface area contributed by atoms with Crippen molar-refractivity contribution >= 4 is 50.9 Å². The van der Waals surface area contributed by atoms with Crippen LogP contribution in [0, 0.1) is 6.92 Å². The molecule has 1 aliphatic rings. The number of fused-ring (bicyclic) bond motifs is 1. The number of hydrogen-bond donors (Lipinski definition) is 2. The van der Waals surface area contributed by atoms with E-state index in [9.17, 15) is 13.6 Å². The van der Waals surface area contributed by atoms with Gasteiger partial charge in [0.2, 0.25) is 4.90 Å². The third-order valence-corrected chi connectivity index (χ3v) is 5.64. The molecule has 2 aromatic carbocycles. The minimum Gasteiger partial charge on any atom is -0.588 e.